The second kappa shape index (κ2) is 6.29. The molecule has 4 rings (SSSR count). The van der Waals surface area contributed by atoms with Crippen molar-refractivity contribution in [2.45, 2.75) is 12.6 Å². The molecule has 3 heterocycles. The molecule has 0 bridgehead atoms. The van der Waals surface area contributed by atoms with Crippen molar-refractivity contribution in [3.05, 3.63) is 60.3 Å². The first-order valence-electron chi connectivity index (χ1n) is 8.41. The number of rotatable bonds is 3. The van der Waals surface area contributed by atoms with E-state index in [9.17, 15) is 4.79 Å². The third-order valence-electron chi connectivity index (χ3n) is 4.64. The zero-order valence-electron chi connectivity index (χ0n) is 14.5. The molecule has 3 aromatic rings. The van der Waals surface area contributed by atoms with Crippen LogP contribution in [0.15, 0.2) is 49.1 Å². The van der Waals surface area contributed by atoms with E-state index < -0.39 is 0 Å². The maximum atomic E-state index is 13.1. The molecule has 1 aliphatic rings. The summed E-state index contributed by atoms with van der Waals surface area (Å²) in [6.45, 7) is 2.15. The highest BCUT2D eigenvalue weighted by Crippen LogP contribution is 2.24. The van der Waals surface area contributed by atoms with E-state index in [4.69, 9.17) is 0 Å². The number of carbonyl (C=O) groups excluding carboxylic acids is 1. The van der Waals surface area contributed by atoms with Crippen molar-refractivity contribution in [3.8, 4) is 0 Å². The van der Waals surface area contributed by atoms with Crippen molar-refractivity contribution in [2.75, 3.05) is 27.2 Å². The van der Waals surface area contributed by atoms with E-state index in [1.807, 2.05) is 61.9 Å². The Morgan fingerprint density at radius 3 is 3.04 bits per heavy atom. The Labute approximate surface area is 146 Å². The molecule has 0 radical (unpaired) electrons. The predicted molar refractivity (Wildman–Crippen MR) is 96.3 cm³/mol. The van der Waals surface area contributed by atoms with Crippen molar-refractivity contribution in [1.29, 1.82) is 0 Å². The minimum atomic E-state index is 0.0574. The Bertz CT molecular complexity index is 917. The number of likely N-dealkylation sites (N-methyl/N-ethyl adjacent to an activating group) is 1. The van der Waals surface area contributed by atoms with E-state index >= 15 is 0 Å². The maximum Gasteiger partial charge on any atom is 0.254 e. The second-order valence-electron chi connectivity index (χ2n) is 6.80. The molecule has 0 N–H and O–H groups in total. The van der Waals surface area contributed by atoms with E-state index in [0.29, 0.717) is 18.7 Å². The Morgan fingerprint density at radius 1 is 1.32 bits per heavy atom. The number of aromatic nitrogens is 3. The number of hydrogen-bond donors (Lipinski definition) is 0. The van der Waals surface area contributed by atoms with Gasteiger partial charge in [-0.15, -0.1) is 0 Å². The Hall–Kier alpha value is -2.73. The summed E-state index contributed by atoms with van der Waals surface area (Å²) < 4.78 is 2.19. The van der Waals surface area contributed by atoms with E-state index in [2.05, 4.69) is 19.4 Å². The minimum Gasteiger partial charge on any atom is -0.331 e. The van der Waals surface area contributed by atoms with Crippen LogP contribution in [0.25, 0.3) is 10.9 Å². The van der Waals surface area contributed by atoms with Gasteiger partial charge in [0.05, 0.1) is 30.1 Å². The van der Waals surface area contributed by atoms with Crippen LogP contribution in [0.3, 0.4) is 0 Å². The molecule has 128 valence electrons. The molecule has 2 aromatic heterocycles. The highest BCUT2D eigenvalue weighted by atomic mass is 16.2. The molecular weight excluding hydrogens is 314 g/mol. The summed E-state index contributed by atoms with van der Waals surface area (Å²) in [6, 6.07) is 9.80. The fourth-order valence-corrected chi connectivity index (χ4v) is 3.50. The average Bonchev–Trinajstić information content (AvgIpc) is 3.09. The SMILES string of the molecule is CN(C)CC1CN(C(=O)c2ccc3ncccc3c2)Cc2cncn21. The number of benzene rings is 1. The minimum absolute atomic E-state index is 0.0574. The van der Waals surface area contributed by atoms with Gasteiger partial charge in [-0.3, -0.25) is 9.78 Å². The normalized spacial score (nSPS) is 17.1. The zero-order valence-corrected chi connectivity index (χ0v) is 14.5. The van der Waals surface area contributed by atoms with Crippen LogP contribution < -0.4 is 0 Å². The first kappa shape index (κ1) is 15.8. The number of pyridine rings is 1. The monoisotopic (exact) mass is 335 g/mol. The molecule has 1 unspecified atom stereocenters. The predicted octanol–water partition coefficient (Wildman–Crippen LogP) is 2.19. The fourth-order valence-electron chi connectivity index (χ4n) is 3.50. The average molecular weight is 335 g/mol. The van der Waals surface area contributed by atoms with Gasteiger partial charge in [0.2, 0.25) is 0 Å². The number of hydrogen-bond acceptors (Lipinski definition) is 4. The van der Waals surface area contributed by atoms with Gasteiger partial charge in [-0.05, 0) is 38.4 Å². The van der Waals surface area contributed by atoms with Crippen molar-refractivity contribution in [2.24, 2.45) is 0 Å². The maximum absolute atomic E-state index is 13.1. The van der Waals surface area contributed by atoms with Crippen molar-refractivity contribution in [1.82, 2.24) is 24.3 Å². The van der Waals surface area contributed by atoms with Crippen LogP contribution >= 0.6 is 0 Å². The molecule has 6 nitrogen and oxygen atoms in total. The largest absolute Gasteiger partial charge is 0.331 e. The fraction of sp³-hybridized carbons (Fsp3) is 0.316. The molecule has 0 saturated carbocycles. The zero-order chi connectivity index (χ0) is 17.4. The number of carbonyl (C=O) groups is 1. The van der Waals surface area contributed by atoms with Gasteiger partial charge in [-0.2, -0.15) is 0 Å². The summed E-state index contributed by atoms with van der Waals surface area (Å²) in [5.74, 6) is 0.0574. The van der Waals surface area contributed by atoms with Crippen molar-refractivity contribution in [3.63, 3.8) is 0 Å². The van der Waals surface area contributed by atoms with Gasteiger partial charge >= 0.3 is 0 Å². The van der Waals surface area contributed by atoms with E-state index in [-0.39, 0.29) is 11.9 Å². The molecule has 1 amide bonds. The quantitative estimate of drug-likeness (QED) is 0.736. The lowest BCUT2D eigenvalue weighted by Gasteiger charge is -2.35. The Morgan fingerprint density at radius 2 is 2.20 bits per heavy atom. The van der Waals surface area contributed by atoms with Gasteiger partial charge in [-0.25, -0.2) is 4.98 Å². The lowest BCUT2D eigenvalue weighted by Crippen LogP contribution is -2.43. The van der Waals surface area contributed by atoms with Crippen LogP contribution in [0, 0.1) is 0 Å². The first-order chi connectivity index (χ1) is 12.1. The van der Waals surface area contributed by atoms with E-state index in [1.54, 1.807) is 6.20 Å². The Kier molecular flexibility index (Phi) is 3.97. The summed E-state index contributed by atoms with van der Waals surface area (Å²) in [4.78, 5) is 25.7. The topological polar surface area (TPSA) is 54.3 Å². The van der Waals surface area contributed by atoms with Gasteiger partial charge < -0.3 is 14.4 Å². The molecule has 25 heavy (non-hydrogen) atoms. The van der Waals surface area contributed by atoms with Crippen LogP contribution in [-0.4, -0.2) is 57.4 Å². The second-order valence-corrected chi connectivity index (χ2v) is 6.80. The van der Waals surface area contributed by atoms with Gasteiger partial charge in [-0.1, -0.05) is 6.07 Å². The number of fused-ring (bicyclic) bond motifs is 2. The molecule has 1 aromatic carbocycles. The third-order valence-corrected chi connectivity index (χ3v) is 4.64. The van der Waals surface area contributed by atoms with Gasteiger partial charge in [0.25, 0.3) is 5.91 Å². The lowest BCUT2D eigenvalue weighted by atomic mass is 10.1. The summed E-state index contributed by atoms with van der Waals surface area (Å²) in [5, 5.41) is 0.986. The van der Waals surface area contributed by atoms with Gasteiger partial charge in [0, 0.05) is 36.4 Å². The van der Waals surface area contributed by atoms with E-state index in [0.717, 1.165) is 23.1 Å². The van der Waals surface area contributed by atoms with Crippen molar-refractivity contribution < 1.29 is 4.79 Å². The van der Waals surface area contributed by atoms with Crippen LogP contribution in [0.1, 0.15) is 22.1 Å². The van der Waals surface area contributed by atoms with E-state index in [1.165, 1.54) is 0 Å². The molecule has 6 heteroatoms. The third kappa shape index (κ3) is 3.00. The van der Waals surface area contributed by atoms with Crippen LogP contribution in [0.2, 0.25) is 0 Å². The molecular formula is C19H21N5O. The van der Waals surface area contributed by atoms with Crippen LogP contribution in [0.4, 0.5) is 0 Å². The molecule has 0 aliphatic carbocycles. The van der Waals surface area contributed by atoms with Crippen LogP contribution in [-0.2, 0) is 6.54 Å². The summed E-state index contributed by atoms with van der Waals surface area (Å²) in [5.41, 5.74) is 2.69. The smallest absolute Gasteiger partial charge is 0.254 e. The highest BCUT2D eigenvalue weighted by Gasteiger charge is 2.28. The lowest BCUT2D eigenvalue weighted by molar-refractivity contribution is 0.0664. The highest BCUT2D eigenvalue weighted by molar-refractivity contribution is 5.98. The van der Waals surface area contributed by atoms with Crippen LogP contribution in [0.5, 0.6) is 0 Å². The molecule has 1 aliphatic heterocycles. The van der Waals surface area contributed by atoms with Gasteiger partial charge in [0.1, 0.15) is 0 Å². The summed E-state index contributed by atoms with van der Waals surface area (Å²) >= 11 is 0. The number of nitrogens with zero attached hydrogens (tertiary/aromatic N) is 5. The van der Waals surface area contributed by atoms with Crippen molar-refractivity contribution >= 4 is 16.8 Å². The Balaban J connectivity index is 1.63. The first-order valence-corrected chi connectivity index (χ1v) is 8.41. The molecule has 0 fully saturated rings. The number of amides is 1. The number of imidazole rings is 1. The molecule has 1 atom stereocenters. The summed E-state index contributed by atoms with van der Waals surface area (Å²) in [6.07, 6.45) is 5.49. The van der Waals surface area contributed by atoms with Gasteiger partial charge in [0.15, 0.2) is 0 Å². The molecule has 0 saturated heterocycles. The standard InChI is InChI=1S/C19H21N5O/c1-22(2)10-17-12-23(11-16-9-20-13-24(16)17)19(25)15-5-6-18-14(8-15)4-3-7-21-18/h3-9,13,17H,10-12H2,1-2H3. The summed E-state index contributed by atoms with van der Waals surface area (Å²) in [7, 11) is 4.10. The molecule has 0 spiro atoms.